The average Bonchev–Trinajstić information content (AvgIpc) is 3.34. The molecule has 150 valence electrons. The van der Waals surface area contributed by atoms with Crippen LogP contribution in [-0.2, 0) is 0 Å². The van der Waals surface area contributed by atoms with E-state index in [1.54, 1.807) is 35.6 Å². The van der Waals surface area contributed by atoms with Gasteiger partial charge in [0.05, 0.1) is 16.3 Å². The van der Waals surface area contributed by atoms with Crippen molar-refractivity contribution in [3.8, 4) is 0 Å². The molecule has 1 saturated heterocycles. The number of aromatic nitrogens is 1. The van der Waals surface area contributed by atoms with Gasteiger partial charge in [-0.15, -0.1) is 11.3 Å². The zero-order valence-corrected chi connectivity index (χ0v) is 17.3. The van der Waals surface area contributed by atoms with Crippen LogP contribution in [0.2, 0.25) is 0 Å². The van der Waals surface area contributed by atoms with Crippen LogP contribution in [0.1, 0.15) is 48.1 Å². The summed E-state index contributed by atoms with van der Waals surface area (Å²) in [6.07, 6.45) is 1.90. The molecule has 0 saturated carbocycles. The standard InChI is InChI=1S/C22H24N4O2S/c1-14(2)23-22(28)24-16-11-9-15(10-12-16)21(27)26-13-5-7-18(26)20-25-17-6-3-4-8-19(17)29-20/h3-4,6,8-12,14,18H,5,7,13H2,1-2H3,(H2,23,24,28). The Balaban J connectivity index is 1.48. The average molecular weight is 409 g/mol. The van der Waals surface area contributed by atoms with Crippen LogP contribution in [-0.4, -0.2) is 34.4 Å². The minimum atomic E-state index is -0.255. The van der Waals surface area contributed by atoms with Crippen LogP contribution in [0.15, 0.2) is 48.5 Å². The Morgan fingerprint density at radius 2 is 1.90 bits per heavy atom. The second kappa shape index (κ2) is 8.21. The molecule has 0 aliphatic carbocycles. The molecule has 0 spiro atoms. The van der Waals surface area contributed by atoms with E-state index in [9.17, 15) is 9.59 Å². The molecular formula is C22H24N4O2S. The highest BCUT2D eigenvalue weighted by Gasteiger charge is 2.32. The van der Waals surface area contributed by atoms with Crippen LogP contribution in [0.5, 0.6) is 0 Å². The molecule has 1 fully saturated rings. The predicted octanol–water partition coefficient (Wildman–Crippen LogP) is 4.80. The molecule has 29 heavy (non-hydrogen) atoms. The summed E-state index contributed by atoms with van der Waals surface area (Å²) < 4.78 is 1.15. The lowest BCUT2D eigenvalue weighted by molar-refractivity contribution is 0.0735. The second-order valence-electron chi connectivity index (χ2n) is 7.51. The number of hydrogen-bond donors (Lipinski definition) is 2. The quantitative estimate of drug-likeness (QED) is 0.651. The number of anilines is 1. The van der Waals surface area contributed by atoms with E-state index in [4.69, 9.17) is 4.98 Å². The second-order valence-corrected chi connectivity index (χ2v) is 8.57. The number of para-hydroxylation sites is 1. The fourth-order valence-corrected chi connectivity index (χ4v) is 4.71. The summed E-state index contributed by atoms with van der Waals surface area (Å²) in [5.74, 6) is 0.00457. The molecule has 2 N–H and O–H groups in total. The highest BCUT2D eigenvalue weighted by molar-refractivity contribution is 7.18. The Kier molecular flexibility index (Phi) is 5.49. The first-order chi connectivity index (χ1) is 14.0. The van der Waals surface area contributed by atoms with Gasteiger partial charge in [0, 0.05) is 23.8 Å². The summed E-state index contributed by atoms with van der Waals surface area (Å²) in [5.41, 5.74) is 2.26. The summed E-state index contributed by atoms with van der Waals surface area (Å²) in [4.78, 5) is 31.6. The van der Waals surface area contributed by atoms with Crippen LogP contribution in [0.3, 0.4) is 0 Å². The molecule has 1 aliphatic rings. The number of nitrogens with one attached hydrogen (secondary N) is 2. The van der Waals surface area contributed by atoms with E-state index in [0.29, 0.717) is 11.3 Å². The van der Waals surface area contributed by atoms with Crippen molar-refractivity contribution >= 4 is 39.2 Å². The van der Waals surface area contributed by atoms with E-state index in [1.165, 1.54) is 0 Å². The van der Waals surface area contributed by atoms with Gasteiger partial charge in [0.2, 0.25) is 0 Å². The summed E-state index contributed by atoms with van der Waals surface area (Å²) in [5, 5.41) is 6.55. The number of urea groups is 1. The number of amides is 3. The third-order valence-electron chi connectivity index (χ3n) is 4.92. The molecule has 7 heteroatoms. The van der Waals surface area contributed by atoms with Gasteiger partial charge in [-0.25, -0.2) is 9.78 Å². The summed E-state index contributed by atoms with van der Waals surface area (Å²) in [6.45, 7) is 4.54. The highest BCUT2D eigenvalue weighted by Crippen LogP contribution is 2.37. The predicted molar refractivity (Wildman–Crippen MR) is 116 cm³/mol. The van der Waals surface area contributed by atoms with Gasteiger partial charge in [0.25, 0.3) is 5.91 Å². The van der Waals surface area contributed by atoms with E-state index in [-0.39, 0.29) is 24.0 Å². The van der Waals surface area contributed by atoms with Crippen LogP contribution in [0, 0.1) is 0 Å². The Hall–Kier alpha value is -2.93. The molecule has 4 rings (SSSR count). The molecular weight excluding hydrogens is 384 g/mol. The van der Waals surface area contributed by atoms with Crippen molar-refractivity contribution < 1.29 is 9.59 Å². The maximum absolute atomic E-state index is 13.1. The Bertz CT molecular complexity index is 996. The summed E-state index contributed by atoms with van der Waals surface area (Å²) in [7, 11) is 0. The molecule has 3 amide bonds. The SMILES string of the molecule is CC(C)NC(=O)Nc1ccc(C(=O)N2CCCC2c2nc3ccccc3s2)cc1. The van der Waals surface area contributed by atoms with Crippen molar-refractivity contribution in [2.75, 3.05) is 11.9 Å². The number of benzene rings is 2. The Morgan fingerprint density at radius 1 is 1.14 bits per heavy atom. The van der Waals surface area contributed by atoms with E-state index < -0.39 is 0 Å². The number of fused-ring (bicyclic) bond motifs is 1. The van der Waals surface area contributed by atoms with Crippen LogP contribution in [0.25, 0.3) is 10.2 Å². The monoisotopic (exact) mass is 408 g/mol. The topological polar surface area (TPSA) is 74.3 Å². The first-order valence-electron chi connectivity index (χ1n) is 9.85. The molecule has 1 atom stereocenters. The number of rotatable bonds is 4. The van der Waals surface area contributed by atoms with E-state index in [1.807, 2.05) is 36.9 Å². The van der Waals surface area contributed by atoms with E-state index in [2.05, 4.69) is 16.7 Å². The van der Waals surface area contributed by atoms with Crippen molar-refractivity contribution in [1.29, 1.82) is 0 Å². The Morgan fingerprint density at radius 3 is 2.62 bits per heavy atom. The van der Waals surface area contributed by atoms with Crippen molar-refractivity contribution in [3.63, 3.8) is 0 Å². The van der Waals surface area contributed by atoms with Gasteiger partial charge in [0.1, 0.15) is 5.01 Å². The number of likely N-dealkylation sites (tertiary alicyclic amines) is 1. The van der Waals surface area contributed by atoms with Crippen molar-refractivity contribution in [1.82, 2.24) is 15.2 Å². The normalized spacial score (nSPS) is 16.4. The fraction of sp³-hybridized carbons (Fsp3) is 0.318. The lowest BCUT2D eigenvalue weighted by atomic mass is 10.1. The first kappa shape index (κ1) is 19.4. The molecule has 0 bridgehead atoms. The minimum absolute atomic E-state index is 0.00457. The Labute approximate surface area is 173 Å². The lowest BCUT2D eigenvalue weighted by Gasteiger charge is -2.23. The van der Waals surface area contributed by atoms with Crippen LogP contribution >= 0.6 is 11.3 Å². The maximum Gasteiger partial charge on any atom is 0.319 e. The molecule has 1 aliphatic heterocycles. The van der Waals surface area contributed by atoms with Crippen molar-refractivity contribution in [2.24, 2.45) is 0 Å². The smallest absolute Gasteiger partial charge is 0.319 e. The fourth-order valence-electron chi connectivity index (χ4n) is 3.59. The summed E-state index contributed by atoms with van der Waals surface area (Å²) >= 11 is 1.67. The molecule has 3 aromatic rings. The van der Waals surface area contributed by atoms with E-state index in [0.717, 1.165) is 34.6 Å². The number of thiazole rings is 1. The highest BCUT2D eigenvalue weighted by atomic mass is 32.1. The van der Waals surface area contributed by atoms with Gasteiger partial charge >= 0.3 is 6.03 Å². The lowest BCUT2D eigenvalue weighted by Crippen LogP contribution is -2.34. The van der Waals surface area contributed by atoms with E-state index >= 15 is 0 Å². The van der Waals surface area contributed by atoms with Crippen LogP contribution < -0.4 is 10.6 Å². The molecule has 0 radical (unpaired) electrons. The largest absolute Gasteiger partial charge is 0.336 e. The number of carbonyl (C=O) groups is 2. The molecule has 1 aromatic heterocycles. The summed E-state index contributed by atoms with van der Waals surface area (Å²) in [6, 6.07) is 15.0. The van der Waals surface area contributed by atoms with Crippen molar-refractivity contribution in [3.05, 3.63) is 59.1 Å². The molecule has 6 nitrogen and oxygen atoms in total. The van der Waals surface area contributed by atoms with Gasteiger partial charge in [-0.2, -0.15) is 0 Å². The van der Waals surface area contributed by atoms with Gasteiger partial charge in [-0.3, -0.25) is 4.79 Å². The van der Waals surface area contributed by atoms with Gasteiger partial charge in [-0.1, -0.05) is 12.1 Å². The first-order valence-corrected chi connectivity index (χ1v) is 10.7. The van der Waals surface area contributed by atoms with Crippen LogP contribution in [0.4, 0.5) is 10.5 Å². The zero-order chi connectivity index (χ0) is 20.4. The number of carbonyl (C=O) groups excluding carboxylic acids is 2. The van der Waals surface area contributed by atoms with Gasteiger partial charge < -0.3 is 15.5 Å². The number of hydrogen-bond acceptors (Lipinski definition) is 4. The van der Waals surface area contributed by atoms with Gasteiger partial charge in [-0.05, 0) is 63.1 Å². The minimum Gasteiger partial charge on any atom is -0.336 e. The zero-order valence-electron chi connectivity index (χ0n) is 16.5. The molecule has 1 unspecified atom stereocenters. The van der Waals surface area contributed by atoms with Gasteiger partial charge in [0.15, 0.2) is 0 Å². The third kappa shape index (κ3) is 4.24. The third-order valence-corrected chi connectivity index (χ3v) is 6.06. The van der Waals surface area contributed by atoms with Crippen molar-refractivity contribution in [2.45, 2.75) is 38.8 Å². The maximum atomic E-state index is 13.1. The molecule has 2 aromatic carbocycles. The number of nitrogens with zero attached hydrogens (tertiary/aromatic N) is 2. The molecule has 2 heterocycles.